The lowest BCUT2D eigenvalue weighted by Gasteiger charge is -2.22. The summed E-state index contributed by atoms with van der Waals surface area (Å²) in [6.07, 6.45) is 1.97. The Hall–Kier alpha value is -2.87. The highest BCUT2D eigenvalue weighted by atomic mass is 32.2. The lowest BCUT2D eigenvalue weighted by molar-refractivity contribution is -0.387. The van der Waals surface area contributed by atoms with Crippen molar-refractivity contribution in [1.29, 1.82) is 0 Å². The second-order valence-corrected chi connectivity index (χ2v) is 7.35. The average Bonchev–Trinajstić information content (AvgIpc) is 3.49. The number of nitro benzene ring substituents is 1. The van der Waals surface area contributed by atoms with Crippen LogP contribution in [0.1, 0.15) is 28.8 Å². The van der Waals surface area contributed by atoms with Crippen LogP contribution < -0.4 is 5.73 Å². The summed E-state index contributed by atoms with van der Waals surface area (Å²) < 4.78 is 0. The van der Waals surface area contributed by atoms with Gasteiger partial charge in [0.15, 0.2) is 0 Å². The first-order chi connectivity index (χ1) is 13.0. The molecule has 8 heteroatoms. The zero-order valence-electron chi connectivity index (χ0n) is 14.5. The van der Waals surface area contributed by atoms with Crippen LogP contribution in [0.2, 0.25) is 0 Å². The fourth-order valence-corrected chi connectivity index (χ4v) is 3.64. The molecule has 0 saturated heterocycles. The molecule has 3 rings (SSSR count). The maximum atomic E-state index is 12.7. The molecule has 0 spiro atoms. The number of carbonyl (C=O) groups excluding carboxylic acids is 2. The van der Waals surface area contributed by atoms with E-state index in [9.17, 15) is 19.7 Å². The van der Waals surface area contributed by atoms with Gasteiger partial charge in [-0.1, -0.05) is 30.3 Å². The Morgan fingerprint density at radius 1 is 1.19 bits per heavy atom. The van der Waals surface area contributed by atoms with Crippen LogP contribution in [0.25, 0.3) is 0 Å². The molecule has 0 heterocycles. The Labute approximate surface area is 160 Å². The lowest BCUT2D eigenvalue weighted by Crippen LogP contribution is -2.33. The topological polar surface area (TPSA) is 107 Å². The summed E-state index contributed by atoms with van der Waals surface area (Å²) in [5.74, 6) is -0.687. The van der Waals surface area contributed by atoms with E-state index in [1.54, 1.807) is 0 Å². The third-order valence-corrected chi connectivity index (χ3v) is 5.34. The van der Waals surface area contributed by atoms with Gasteiger partial charge in [-0.2, -0.15) is 0 Å². The number of nitrogens with zero attached hydrogens (tertiary/aromatic N) is 2. The standard InChI is InChI=1S/C19H19N3O4S/c20-19(24)14-6-9-17(16(10-14)22(25)26)27-12-18(23)21(15-7-8-15)11-13-4-2-1-3-5-13/h1-6,9-10,15H,7-8,11-12H2,(H2,20,24). The Balaban J connectivity index is 1.70. The van der Waals surface area contributed by atoms with Crippen molar-refractivity contribution in [3.8, 4) is 0 Å². The third-order valence-electron chi connectivity index (χ3n) is 4.30. The molecule has 0 atom stereocenters. The van der Waals surface area contributed by atoms with Gasteiger partial charge in [-0.15, -0.1) is 11.8 Å². The first-order valence-corrected chi connectivity index (χ1v) is 9.48. The molecule has 1 fully saturated rings. The van der Waals surface area contributed by atoms with E-state index >= 15 is 0 Å². The van der Waals surface area contributed by atoms with Gasteiger partial charge in [0.1, 0.15) is 0 Å². The van der Waals surface area contributed by atoms with E-state index in [4.69, 9.17) is 5.73 Å². The van der Waals surface area contributed by atoms with Crippen LogP contribution in [0.4, 0.5) is 5.69 Å². The summed E-state index contributed by atoms with van der Waals surface area (Å²) in [6.45, 7) is 0.535. The molecular weight excluding hydrogens is 366 g/mol. The fraction of sp³-hybridized carbons (Fsp3) is 0.263. The number of nitro groups is 1. The van der Waals surface area contributed by atoms with E-state index in [0.717, 1.165) is 36.2 Å². The molecule has 2 amide bonds. The summed E-state index contributed by atoms with van der Waals surface area (Å²) in [7, 11) is 0. The lowest BCUT2D eigenvalue weighted by atomic mass is 10.2. The van der Waals surface area contributed by atoms with Crippen molar-refractivity contribution in [3.05, 3.63) is 69.8 Å². The summed E-state index contributed by atoms with van der Waals surface area (Å²) in [5.41, 5.74) is 6.09. The molecule has 140 valence electrons. The summed E-state index contributed by atoms with van der Waals surface area (Å²) in [4.78, 5) is 36.8. The molecule has 2 N–H and O–H groups in total. The van der Waals surface area contributed by atoms with Gasteiger partial charge in [-0.05, 0) is 30.5 Å². The zero-order chi connectivity index (χ0) is 19.4. The molecule has 0 aliphatic heterocycles. The minimum absolute atomic E-state index is 0.0559. The van der Waals surface area contributed by atoms with Crippen molar-refractivity contribution >= 4 is 29.3 Å². The molecule has 7 nitrogen and oxygen atoms in total. The Kier molecular flexibility index (Phi) is 5.75. The Morgan fingerprint density at radius 3 is 2.48 bits per heavy atom. The van der Waals surface area contributed by atoms with E-state index in [1.165, 1.54) is 12.1 Å². The number of carbonyl (C=O) groups is 2. The number of benzene rings is 2. The summed E-state index contributed by atoms with van der Waals surface area (Å²) in [6, 6.07) is 14.0. The van der Waals surface area contributed by atoms with E-state index < -0.39 is 10.8 Å². The SMILES string of the molecule is NC(=O)c1ccc(SCC(=O)N(Cc2ccccc2)C2CC2)c([N+](=O)[O-])c1. The number of hydrogen-bond donors (Lipinski definition) is 1. The maximum absolute atomic E-state index is 12.7. The number of primary amides is 1. The largest absolute Gasteiger partial charge is 0.366 e. The van der Waals surface area contributed by atoms with Gasteiger partial charge in [0.2, 0.25) is 11.8 Å². The fourth-order valence-electron chi connectivity index (χ4n) is 2.75. The van der Waals surface area contributed by atoms with Crippen LogP contribution in [-0.2, 0) is 11.3 Å². The molecule has 0 aromatic heterocycles. The van der Waals surface area contributed by atoms with Gasteiger partial charge < -0.3 is 10.6 Å². The normalized spacial score (nSPS) is 13.2. The third kappa shape index (κ3) is 4.85. The van der Waals surface area contributed by atoms with Gasteiger partial charge in [-0.25, -0.2) is 0 Å². The smallest absolute Gasteiger partial charge is 0.283 e. The van der Waals surface area contributed by atoms with Gasteiger partial charge >= 0.3 is 0 Å². The molecule has 1 aliphatic rings. The molecule has 0 radical (unpaired) electrons. The van der Waals surface area contributed by atoms with Gasteiger partial charge in [0.25, 0.3) is 5.69 Å². The molecular formula is C19H19N3O4S. The number of thioether (sulfide) groups is 1. The molecule has 1 aliphatic carbocycles. The van der Waals surface area contributed by atoms with Gasteiger partial charge in [0, 0.05) is 24.2 Å². The van der Waals surface area contributed by atoms with Crippen molar-refractivity contribution < 1.29 is 14.5 Å². The summed E-state index contributed by atoms with van der Waals surface area (Å²) >= 11 is 1.10. The Morgan fingerprint density at radius 2 is 1.89 bits per heavy atom. The van der Waals surface area contributed by atoms with Gasteiger partial charge in [-0.3, -0.25) is 19.7 Å². The van der Waals surface area contributed by atoms with Crippen LogP contribution in [0.3, 0.4) is 0 Å². The number of amides is 2. The highest BCUT2D eigenvalue weighted by molar-refractivity contribution is 8.00. The number of hydrogen-bond acceptors (Lipinski definition) is 5. The monoisotopic (exact) mass is 385 g/mol. The number of rotatable bonds is 8. The first kappa shape index (κ1) is 18.9. The van der Waals surface area contributed by atoms with E-state index in [2.05, 4.69) is 0 Å². The van der Waals surface area contributed by atoms with Crippen molar-refractivity contribution in [2.75, 3.05) is 5.75 Å². The van der Waals surface area contributed by atoms with Crippen LogP contribution in [0.15, 0.2) is 53.4 Å². The highest BCUT2D eigenvalue weighted by Gasteiger charge is 2.32. The van der Waals surface area contributed by atoms with Gasteiger partial charge in [0.05, 0.1) is 15.6 Å². The maximum Gasteiger partial charge on any atom is 0.283 e. The minimum atomic E-state index is -0.728. The number of nitrogens with two attached hydrogens (primary N) is 1. The predicted molar refractivity (Wildman–Crippen MR) is 102 cm³/mol. The molecule has 2 aromatic rings. The molecule has 27 heavy (non-hydrogen) atoms. The van der Waals surface area contributed by atoms with E-state index in [0.29, 0.717) is 11.4 Å². The zero-order valence-corrected chi connectivity index (χ0v) is 15.4. The first-order valence-electron chi connectivity index (χ1n) is 8.50. The second kappa shape index (κ2) is 8.22. The van der Waals surface area contributed by atoms with E-state index in [-0.39, 0.29) is 29.0 Å². The highest BCUT2D eigenvalue weighted by Crippen LogP contribution is 2.33. The predicted octanol–water partition coefficient (Wildman–Crippen LogP) is 2.98. The van der Waals surface area contributed by atoms with Crippen molar-refractivity contribution in [3.63, 3.8) is 0 Å². The Bertz CT molecular complexity index is 869. The van der Waals surface area contributed by atoms with E-state index in [1.807, 2.05) is 35.2 Å². The van der Waals surface area contributed by atoms with Crippen LogP contribution in [0, 0.1) is 10.1 Å². The quantitative estimate of drug-likeness (QED) is 0.427. The second-order valence-electron chi connectivity index (χ2n) is 6.33. The van der Waals surface area contributed by atoms with Crippen LogP contribution in [0.5, 0.6) is 0 Å². The molecule has 0 unspecified atom stereocenters. The molecule has 0 bridgehead atoms. The molecule has 2 aromatic carbocycles. The average molecular weight is 385 g/mol. The van der Waals surface area contributed by atoms with Crippen LogP contribution in [-0.4, -0.2) is 33.4 Å². The summed E-state index contributed by atoms with van der Waals surface area (Å²) in [5, 5.41) is 11.3. The van der Waals surface area contributed by atoms with Crippen molar-refractivity contribution in [2.24, 2.45) is 5.73 Å². The minimum Gasteiger partial charge on any atom is -0.366 e. The van der Waals surface area contributed by atoms with Crippen LogP contribution >= 0.6 is 11.8 Å². The molecule has 1 saturated carbocycles. The van der Waals surface area contributed by atoms with Crippen molar-refractivity contribution in [1.82, 2.24) is 4.90 Å². The van der Waals surface area contributed by atoms with Crippen molar-refractivity contribution in [2.45, 2.75) is 30.3 Å².